The number of aliphatic imine (C=N–C) groups is 1. The van der Waals surface area contributed by atoms with Crippen molar-refractivity contribution in [2.45, 2.75) is 38.8 Å². The summed E-state index contributed by atoms with van der Waals surface area (Å²) < 4.78 is 7.90. The highest BCUT2D eigenvalue weighted by Crippen LogP contribution is 2.15. The van der Waals surface area contributed by atoms with E-state index in [9.17, 15) is 0 Å². The zero-order chi connectivity index (χ0) is 16.8. The number of rotatable bonds is 6. The summed E-state index contributed by atoms with van der Waals surface area (Å²) in [6, 6.07) is 8.29. The number of fused-ring (bicyclic) bond motifs is 1. The largest absolute Gasteiger partial charge is 0.376 e. The molecular formula is C18H27N5O. The number of guanidine groups is 1. The van der Waals surface area contributed by atoms with E-state index in [1.165, 1.54) is 5.52 Å². The molecule has 0 radical (unpaired) electrons. The van der Waals surface area contributed by atoms with Gasteiger partial charge < -0.3 is 19.9 Å². The normalized spacial score (nSPS) is 18.2. The minimum atomic E-state index is 0.323. The van der Waals surface area contributed by atoms with E-state index in [0.29, 0.717) is 6.10 Å². The molecule has 1 fully saturated rings. The molecule has 1 aliphatic heterocycles. The van der Waals surface area contributed by atoms with E-state index in [4.69, 9.17) is 4.74 Å². The van der Waals surface area contributed by atoms with Gasteiger partial charge in [0.1, 0.15) is 5.82 Å². The van der Waals surface area contributed by atoms with Crippen LogP contribution in [-0.2, 0) is 11.3 Å². The van der Waals surface area contributed by atoms with Crippen molar-refractivity contribution < 1.29 is 4.74 Å². The van der Waals surface area contributed by atoms with Gasteiger partial charge in [-0.15, -0.1) is 0 Å². The lowest BCUT2D eigenvalue weighted by Gasteiger charge is -2.15. The predicted octanol–water partition coefficient (Wildman–Crippen LogP) is 2.08. The molecule has 1 aromatic carbocycles. The van der Waals surface area contributed by atoms with E-state index in [0.717, 1.165) is 62.8 Å². The van der Waals surface area contributed by atoms with E-state index in [-0.39, 0.29) is 0 Å². The Labute approximate surface area is 143 Å². The lowest BCUT2D eigenvalue weighted by molar-refractivity contribution is 0.114. The number of benzene rings is 1. The molecule has 0 aliphatic carbocycles. The Balaban J connectivity index is 1.44. The van der Waals surface area contributed by atoms with Gasteiger partial charge in [-0.1, -0.05) is 12.1 Å². The van der Waals surface area contributed by atoms with Gasteiger partial charge in [0.25, 0.3) is 0 Å². The first-order valence-electron chi connectivity index (χ1n) is 8.76. The Bertz CT molecular complexity index is 688. The fourth-order valence-corrected chi connectivity index (χ4v) is 3.16. The Morgan fingerprint density at radius 1 is 1.38 bits per heavy atom. The Kier molecular flexibility index (Phi) is 5.69. The summed E-state index contributed by atoms with van der Waals surface area (Å²) in [5.74, 6) is 1.91. The van der Waals surface area contributed by atoms with Crippen molar-refractivity contribution in [1.29, 1.82) is 0 Å². The molecule has 0 saturated carbocycles. The van der Waals surface area contributed by atoms with Crippen LogP contribution in [0.4, 0.5) is 0 Å². The maximum atomic E-state index is 5.62. The van der Waals surface area contributed by atoms with E-state index in [1.807, 2.05) is 6.07 Å². The molecule has 2 heterocycles. The quantitative estimate of drug-likeness (QED) is 0.484. The fourth-order valence-electron chi connectivity index (χ4n) is 3.16. The molecule has 0 amide bonds. The number of para-hydroxylation sites is 2. The summed E-state index contributed by atoms with van der Waals surface area (Å²) in [5.41, 5.74) is 2.27. The van der Waals surface area contributed by atoms with Gasteiger partial charge in [-0.05, 0) is 38.3 Å². The summed E-state index contributed by atoms with van der Waals surface area (Å²) in [5, 5.41) is 6.71. The van der Waals surface area contributed by atoms with E-state index in [2.05, 4.69) is 50.3 Å². The van der Waals surface area contributed by atoms with Gasteiger partial charge in [-0.3, -0.25) is 4.99 Å². The average Bonchev–Trinajstić information content (AvgIpc) is 3.22. The number of hydrogen-bond acceptors (Lipinski definition) is 3. The lowest BCUT2D eigenvalue weighted by Crippen LogP contribution is -2.41. The van der Waals surface area contributed by atoms with Crippen molar-refractivity contribution in [1.82, 2.24) is 20.2 Å². The predicted molar refractivity (Wildman–Crippen MR) is 97.4 cm³/mol. The monoisotopic (exact) mass is 329 g/mol. The molecule has 6 nitrogen and oxygen atoms in total. The van der Waals surface area contributed by atoms with Crippen molar-refractivity contribution in [3.63, 3.8) is 0 Å². The van der Waals surface area contributed by atoms with Crippen molar-refractivity contribution >= 4 is 17.0 Å². The molecule has 0 bridgehead atoms. The summed E-state index contributed by atoms with van der Waals surface area (Å²) >= 11 is 0. The summed E-state index contributed by atoms with van der Waals surface area (Å²) in [6.45, 7) is 5.59. The molecule has 3 rings (SSSR count). The smallest absolute Gasteiger partial charge is 0.191 e. The molecule has 24 heavy (non-hydrogen) atoms. The van der Waals surface area contributed by atoms with Crippen molar-refractivity contribution in [2.24, 2.45) is 4.99 Å². The number of aryl methyl sites for hydroxylation is 2. The second-order valence-corrected chi connectivity index (χ2v) is 6.17. The van der Waals surface area contributed by atoms with Gasteiger partial charge in [-0.25, -0.2) is 4.98 Å². The van der Waals surface area contributed by atoms with Crippen LogP contribution in [0.2, 0.25) is 0 Å². The SMILES string of the molecule is CN=C(NCCCn1c(C)nc2ccccc21)NCC1CCCO1. The van der Waals surface area contributed by atoms with Crippen LogP contribution in [0.5, 0.6) is 0 Å². The molecule has 1 aromatic heterocycles. The van der Waals surface area contributed by atoms with Gasteiger partial charge in [-0.2, -0.15) is 0 Å². The standard InChI is InChI=1S/C18H27N5O/c1-14-22-16-8-3-4-9-17(16)23(14)11-6-10-20-18(19-2)21-13-15-7-5-12-24-15/h3-4,8-9,15H,5-7,10-13H2,1-2H3,(H2,19,20,21). The number of aromatic nitrogens is 2. The van der Waals surface area contributed by atoms with Crippen LogP contribution in [0.15, 0.2) is 29.3 Å². The molecule has 1 unspecified atom stereocenters. The van der Waals surface area contributed by atoms with Crippen molar-refractivity contribution in [2.75, 3.05) is 26.7 Å². The van der Waals surface area contributed by atoms with Crippen molar-refractivity contribution in [3.8, 4) is 0 Å². The van der Waals surface area contributed by atoms with Crippen LogP contribution >= 0.6 is 0 Å². The summed E-state index contributed by atoms with van der Waals surface area (Å²) in [7, 11) is 1.80. The average molecular weight is 329 g/mol. The zero-order valence-electron chi connectivity index (χ0n) is 14.6. The van der Waals surface area contributed by atoms with E-state index < -0.39 is 0 Å². The van der Waals surface area contributed by atoms with Crippen molar-refractivity contribution in [3.05, 3.63) is 30.1 Å². The number of hydrogen-bond donors (Lipinski definition) is 2. The molecule has 6 heteroatoms. The number of imidazole rings is 1. The first-order chi connectivity index (χ1) is 11.8. The van der Waals surface area contributed by atoms with Crippen LogP contribution in [0.25, 0.3) is 11.0 Å². The molecule has 130 valence electrons. The number of nitrogens with zero attached hydrogens (tertiary/aromatic N) is 3. The molecule has 2 aromatic rings. The van der Waals surface area contributed by atoms with Crippen LogP contribution in [0.3, 0.4) is 0 Å². The van der Waals surface area contributed by atoms with Crippen LogP contribution < -0.4 is 10.6 Å². The van der Waals surface area contributed by atoms with Gasteiger partial charge in [0.2, 0.25) is 0 Å². The molecule has 0 spiro atoms. The highest BCUT2D eigenvalue weighted by Gasteiger charge is 2.15. The summed E-state index contributed by atoms with van der Waals surface area (Å²) in [6.07, 6.45) is 3.64. The minimum Gasteiger partial charge on any atom is -0.376 e. The third-order valence-electron chi connectivity index (χ3n) is 4.44. The topological polar surface area (TPSA) is 63.5 Å². The second-order valence-electron chi connectivity index (χ2n) is 6.17. The lowest BCUT2D eigenvalue weighted by atomic mass is 10.2. The first kappa shape index (κ1) is 16.8. The first-order valence-corrected chi connectivity index (χ1v) is 8.76. The third-order valence-corrected chi connectivity index (χ3v) is 4.44. The highest BCUT2D eigenvalue weighted by molar-refractivity contribution is 5.79. The highest BCUT2D eigenvalue weighted by atomic mass is 16.5. The molecule has 1 aliphatic rings. The second kappa shape index (κ2) is 8.15. The van der Waals surface area contributed by atoms with Crippen LogP contribution in [0, 0.1) is 6.92 Å². The molecule has 1 atom stereocenters. The zero-order valence-corrected chi connectivity index (χ0v) is 14.6. The van der Waals surface area contributed by atoms with E-state index >= 15 is 0 Å². The number of nitrogens with one attached hydrogen (secondary N) is 2. The van der Waals surface area contributed by atoms with Gasteiger partial charge >= 0.3 is 0 Å². The Hall–Kier alpha value is -2.08. The third kappa shape index (κ3) is 4.06. The van der Waals surface area contributed by atoms with Crippen LogP contribution in [0.1, 0.15) is 25.1 Å². The van der Waals surface area contributed by atoms with Gasteiger partial charge in [0.15, 0.2) is 5.96 Å². The Morgan fingerprint density at radius 3 is 3.04 bits per heavy atom. The molecular weight excluding hydrogens is 302 g/mol. The maximum absolute atomic E-state index is 5.62. The van der Waals surface area contributed by atoms with Gasteiger partial charge in [0, 0.05) is 33.3 Å². The fraction of sp³-hybridized carbons (Fsp3) is 0.556. The van der Waals surface area contributed by atoms with Crippen LogP contribution in [-0.4, -0.2) is 48.4 Å². The van der Waals surface area contributed by atoms with E-state index in [1.54, 1.807) is 7.05 Å². The van der Waals surface area contributed by atoms with Gasteiger partial charge in [0.05, 0.1) is 17.1 Å². The number of ether oxygens (including phenoxy) is 1. The molecule has 2 N–H and O–H groups in total. The maximum Gasteiger partial charge on any atom is 0.191 e. The summed E-state index contributed by atoms with van der Waals surface area (Å²) in [4.78, 5) is 8.88. The minimum absolute atomic E-state index is 0.323. The Morgan fingerprint density at radius 2 is 2.25 bits per heavy atom. The molecule has 1 saturated heterocycles.